The lowest BCUT2D eigenvalue weighted by atomic mass is 9.95. The Balaban J connectivity index is 2.13. The molecule has 0 unspecified atom stereocenters. The number of aromatic nitrogens is 3. The average molecular weight is 302 g/mol. The Morgan fingerprint density at radius 1 is 1.27 bits per heavy atom. The van der Waals surface area contributed by atoms with Crippen LogP contribution in [0.4, 0.5) is 0 Å². The molecule has 1 aliphatic rings. The summed E-state index contributed by atoms with van der Waals surface area (Å²) in [6.07, 6.45) is 8.78. The summed E-state index contributed by atoms with van der Waals surface area (Å²) in [4.78, 5) is 4.68. The molecule has 1 saturated carbocycles. The van der Waals surface area contributed by atoms with Crippen molar-refractivity contribution in [3.8, 4) is 0 Å². The van der Waals surface area contributed by atoms with Crippen molar-refractivity contribution in [3.05, 3.63) is 23.1 Å². The van der Waals surface area contributed by atoms with Crippen molar-refractivity contribution in [1.29, 1.82) is 5.41 Å². The van der Waals surface area contributed by atoms with E-state index in [1.165, 1.54) is 43.4 Å². The van der Waals surface area contributed by atoms with Crippen LogP contribution in [0.25, 0.3) is 11.0 Å². The fourth-order valence-corrected chi connectivity index (χ4v) is 3.74. The van der Waals surface area contributed by atoms with Gasteiger partial charge in [-0.3, -0.25) is 5.41 Å². The summed E-state index contributed by atoms with van der Waals surface area (Å²) in [6.45, 7) is 5.05. The molecule has 2 aromatic rings. The summed E-state index contributed by atoms with van der Waals surface area (Å²) in [5.74, 6) is 0. The Labute approximate surface area is 131 Å². The lowest BCUT2D eigenvalue weighted by Crippen LogP contribution is -2.22. The number of hydrogen-bond acceptors (Lipinski definition) is 3. The molecule has 0 spiro atoms. The Bertz CT molecular complexity index is 722. The zero-order valence-corrected chi connectivity index (χ0v) is 13.6. The largest absolute Gasteiger partial charge is 0.396 e. The SMILES string of the molecule is Cc1c(C)n(C2CCCCC2)c2ncn(CCCO)c(=N)c12. The van der Waals surface area contributed by atoms with Gasteiger partial charge in [-0.2, -0.15) is 0 Å². The van der Waals surface area contributed by atoms with Crippen molar-refractivity contribution in [2.24, 2.45) is 0 Å². The van der Waals surface area contributed by atoms with Crippen LogP contribution >= 0.6 is 0 Å². The Kier molecular flexibility index (Phi) is 4.34. The number of fused-ring (bicyclic) bond motifs is 1. The van der Waals surface area contributed by atoms with Crippen LogP contribution in [0.2, 0.25) is 0 Å². The highest BCUT2D eigenvalue weighted by Crippen LogP contribution is 2.33. The van der Waals surface area contributed by atoms with Gasteiger partial charge in [0.15, 0.2) is 0 Å². The van der Waals surface area contributed by atoms with Crippen LogP contribution in [0.3, 0.4) is 0 Å². The molecule has 2 aromatic heterocycles. The summed E-state index contributed by atoms with van der Waals surface area (Å²) in [5, 5.41) is 18.5. The summed E-state index contributed by atoms with van der Waals surface area (Å²) in [6, 6.07) is 0.533. The van der Waals surface area contributed by atoms with Crippen molar-refractivity contribution in [2.75, 3.05) is 6.61 Å². The lowest BCUT2D eigenvalue weighted by molar-refractivity contribution is 0.278. The molecular weight excluding hydrogens is 276 g/mol. The van der Waals surface area contributed by atoms with E-state index in [4.69, 9.17) is 10.5 Å². The first kappa shape index (κ1) is 15.3. The minimum absolute atomic E-state index is 0.144. The fourth-order valence-electron chi connectivity index (χ4n) is 3.74. The maximum absolute atomic E-state index is 9.01. The smallest absolute Gasteiger partial charge is 0.146 e. The molecular formula is C17H26N4O. The van der Waals surface area contributed by atoms with Gasteiger partial charge in [0.05, 0.1) is 11.7 Å². The number of aryl methyl sites for hydroxylation is 2. The van der Waals surface area contributed by atoms with Gasteiger partial charge in [-0.05, 0) is 38.7 Å². The monoisotopic (exact) mass is 302 g/mol. The summed E-state index contributed by atoms with van der Waals surface area (Å²) >= 11 is 0. The second kappa shape index (κ2) is 6.24. The number of rotatable bonds is 4. The number of aliphatic hydroxyl groups is 1. The highest BCUT2D eigenvalue weighted by atomic mass is 16.3. The second-order valence-corrected chi connectivity index (χ2v) is 6.43. The zero-order chi connectivity index (χ0) is 15.7. The minimum Gasteiger partial charge on any atom is -0.396 e. The molecule has 1 aliphatic carbocycles. The normalized spacial score (nSPS) is 16.5. The molecule has 2 heterocycles. The minimum atomic E-state index is 0.144. The highest BCUT2D eigenvalue weighted by molar-refractivity contribution is 5.80. The van der Waals surface area contributed by atoms with Gasteiger partial charge in [-0.15, -0.1) is 0 Å². The predicted molar refractivity (Wildman–Crippen MR) is 86.9 cm³/mol. The summed E-state index contributed by atoms with van der Waals surface area (Å²) in [5.41, 5.74) is 3.92. The van der Waals surface area contributed by atoms with E-state index in [9.17, 15) is 0 Å². The maximum Gasteiger partial charge on any atom is 0.146 e. The standard InChI is InChI=1S/C17H26N4O/c1-12-13(2)21(14-7-4-3-5-8-14)17-15(12)16(18)20(11-19-17)9-6-10-22/h11,14,18,22H,3-10H2,1-2H3. The van der Waals surface area contributed by atoms with Gasteiger partial charge >= 0.3 is 0 Å². The number of hydrogen-bond donors (Lipinski definition) is 2. The average Bonchev–Trinajstić information content (AvgIpc) is 2.80. The van der Waals surface area contributed by atoms with Crippen molar-refractivity contribution >= 4 is 11.0 Å². The molecule has 0 radical (unpaired) electrons. The van der Waals surface area contributed by atoms with Crippen molar-refractivity contribution in [1.82, 2.24) is 14.1 Å². The Morgan fingerprint density at radius 3 is 2.68 bits per heavy atom. The van der Waals surface area contributed by atoms with Gasteiger partial charge in [-0.25, -0.2) is 4.98 Å². The van der Waals surface area contributed by atoms with Crippen molar-refractivity contribution < 1.29 is 5.11 Å². The third kappa shape index (κ3) is 2.47. The van der Waals surface area contributed by atoms with Crippen LogP contribution in [0.1, 0.15) is 55.8 Å². The van der Waals surface area contributed by atoms with E-state index >= 15 is 0 Å². The topological polar surface area (TPSA) is 66.8 Å². The summed E-state index contributed by atoms with van der Waals surface area (Å²) in [7, 11) is 0. The first-order valence-electron chi connectivity index (χ1n) is 8.37. The van der Waals surface area contributed by atoms with E-state index in [-0.39, 0.29) is 6.61 Å². The van der Waals surface area contributed by atoms with Crippen LogP contribution in [0.5, 0.6) is 0 Å². The molecule has 0 saturated heterocycles. The van der Waals surface area contributed by atoms with E-state index < -0.39 is 0 Å². The van der Waals surface area contributed by atoms with E-state index in [0.29, 0.717) is 24.5 Å². The molecule has 1 fully saturated rings. The van der Waals surface area contributed by atoms with Crippen molar-refractivity contribution in [3.63, 3.8) is 0 Å². The maximum atomic E-state index is 9.01. The second-order valence-electron chi connectivity index (χ2n) is 6.43. The molecule has 0 aliphatic heterocycles. The molecule has 2 N–H and O–H groups in total. The van der Waals surface area contributed by atoms with E-state index in [0.717, 1.165) is 11.0 Å². The third-order valence-corrected chi connectivity index (χ3v) is 5.07. The van der Waals surface area contributed by atoms with E-state index in [1.807, 2.05) is 4.57 Å². The van der Waals surface area contributed by atoms with Gasteiger partial charge in [0.1, 0.15) is 11.1 Å². The molecule has 3 rings (SSSR count). The van der Waals surface area contributed by atoms with Gasteiger partial charge in [-0.1, -0.05) is 19.3 Å². The van der Waals surface area contributed by atoms with Crippen LogP contribution in [0, 0.1) is 19.3 Å². The van der Waals surface area contributed by atoms with Crippen LogP contribution in [-0.4, -0.2) is 25.8 Å². The van der Waals surface area contributed by atoms with Gasteiger partial charge < -0.3 is 14.2 Å². The number of nitrogens with one attached hydrogen (secondary N) is 1. The Hall–Kier alpha value is -1.62. The zero-order valence-electron chi connectivity index (χ0n) is 13.6. The molecule has 120 valence electrons. The first-order valence-corrected chi connectivity index (χ1v) is 8.37. The summed E-state index contributed by atoms with van der Waals surface area (Å²) < 4.78 is 4.22. The molecule has 0 amide bonds. The molecule has 22 heavy (non-hydrogen) atoms. The van der Waals surface area contributed by atoms with E-state index in [1.54, 1.807) is 6.33 Å². The van der Waals surface area contributed by atoms with Crippen molar-refractivity contribution in [2.45, 2.75) is 65.0 Å². The number of aliphatic hydroxyl groups excluding tert-OH is 1. The van der Waals surface area contributed by atoms with E-state index in [2.05, 4.69) is 23.4 Å². The highest BCUT2D eigenvalue weighted by Gasteiger charge is 2.22. The molecule has 5 nitrogen and oxygen atoms in total. The lowest BCUT2D eigenvalue weighted by Gasteiger charge is -2.25. The molecule has 0 aromatic carbocycles. The third-order valence-electron chi connectivity index (χ3n) is 5.07. The van der Waals surface area contributed by atoms with Gasteiger partial charge in [0, 0.05) is 24.9 Å². The van der Waals surface area contributed by atoms with Crippen LogP contribution in [0.15, 0.2) is 6.33 Å². The predicted octanol–water partition coefficient (Wildman–Crippen LogP) is 2.82. The van der Waals surface area contributed by atoms with Gasteiger partial charge in [0.25, 0.3) is 0 Å². The van der Waals surface area contributed by atoms with Gasteiger partial charge in [0.2, 0.25) is 0 Å². The quantitative estimate of drug-likeness (QED) is 0.912. The molecule has 0 bridgehead atoms. The first-order chi connectivity index (χ1) is 10.6. The van der Waals surface area contributed by atoms with Crippen LogP contribution < -0.4 is 5.49 Å². The molecule has 5 heteroatoms. The Morgan fingerprint density at radius 2 is 2.00 bits per heavy atom. The molecule has 0 atom stereocenters. The number of nitrogens with zero attached hydrogens (tertiary/aromatic N) is 3. The van der Waals surface area contributed by atoms with Crippen LogP contribution in [-0.2, 0) is 6.54 Å². The fraction of sp³-hybridized carbons (Fsp3) is 0.647.